The first kappa shape index (κ1) is 19.4. The molecule has 0 amide bonds. The number of carbonyl (C=O) groups is 1. The fraction of sp³-hybridized carbons (Fsp3) is 0.500. The van der Waals surface area contributed by atoms with Crippen LogP contribution in [-0.2, 0) is 16.1 Å². The Labute approximate surface area is 157 Å². The van der Waals surface area contributed by atoms with Crippen LogP contribution in [-0.4, -0.2) is 30.6 Å². The molecular weight excluding hydrogens is 352 g/mol. The Morgan fingerprint density at radius 3 is 2.85 bits per heavy atom. The quantitative estimate of drug-likeness (QED) is 0.780. The van der Waals surface area contributed by atoms with Crippen LogP contribution in [0.15, 0.2) is 39.1 Å². The number of carboxylic acid groups (broad SMARTS) is 1. The fourth-order valence-electron chi connectivity index (χ4n) is 2.93. The minimum atomic E-state index is -1.36. The van der Waals surface area contributed by atoms with Crippen LogP contribution in [0.1, 0.15) is 48.9 Å². The van der Waals surface area contributed by atoms with Gasteiger partial charge in [-0.05, 0) is 37.2 Å². The third-order valence-corrected chi connectivity index (χ3v) is 4.47. The van der Waals surface area contributed by atoms with Crippen molar-refractivity contribution in [3.05, 3.63) is 51.6 Å². The van der Waals surface area contributed by atoms with Crippen LogP contribution in [0.3, 0.4) is 0 Å². The Morgan fingerprint density at radius 2 is 2.19 bits per heavy atom. The molecule has 7 heteroatoms. The maximum Gasteiger partial charge on any atom is 0.375 e. The molecule has 0 radical (unpaired) electrons. The van der Waals surface area contributed by atoms with Gasteiger partial charge in [0.15, 0.2) is 6.29 Å². The number of hydrogen-bond acceptors (Lipinski definition) is 6. The van der Waals surface area contributed by atoms with Crippen molar-refractivity contribution < 1.29 is 28.5 Å². The van der Waals surface area contributed by atoms with Gasteiger partial charge in [-0.15, -0.1) is 0 Å². The Bertz CT molecular complexity index is 784. The summed E-state index contributed by atoms with van der Waals surface area (Å²) in [6.07, 6.45) is 9.27. The predicted octanol–water partition coefficient (Wildman–Crippen LogP) is 3.28. The average Bonchev–Trinajstić information content (AvgIpc) is 2.67. The number of hydrogen-bond donors (Lipinski definition) is 1. The standard InChI is InChI=1S/C20H24O7/c1-13-5-7-14(8-6-13)11-26-18-16(21)10-15(27-19(18)20(22)23)12-25-17-4-2-3-9-24-17/h5,7-8,10,13,17H,2-4,6,9,11-12H2,1H3,(H,22,23). The largest absolute Gasteiger partial charge is 0.481 e. The normalized spacial score (nSPS) is 22.3. The molecule has 1 N–H and O–H groups in total. The smallest absolute Gasteiger partial charge is 0.375 e. The Hall–Kier alpha value is -2.38. The van der Waals surface area contributed by atoms with E-state index in [1.54, 1.807) is 0 Å². The van der Waals surface area contributed by atoms with Gasteiger partial charge < -0.3 is 23.7 Å². The molecule has 1 aliphatic carbocycles. The topological polar surface area (TPSA) is 95.2 Å². The molecule has 2 heterocycles. The van der Waals surface area contributed by atoms with Crippen molar-refractivity contribution in [2.24, 2.45) is 5.92 Å². The highest BCUT2D eigenvalue weighted by atomic mass is 16.7. The summed E-state index contributed by atoms with van der Waals surface area (Å²) < 4.78 is 21.8. The second-order valence-electron chi connectivity index (χ2n) is 6.79. The van der Waals surface area contributed by atoms with Crippen molar-refractivity contribution >= 4 is 5.97 Å². The number of aromatic carboxylic acids is 1. The molecule has 1 aliphatic heterocycles. The second-order valence-corrected chi connectivity index (χ2v) is 6.79. The Kier molecular flexibility index (Phi) is 6.47. The summed E-state index contributed by atoms with van der Waals surface area (Å²) in [5.74, 6) is -1.59. The molecule has 1 saturated heterocycles. The van der Waals surface area contributed by atoms with Crippen LogP contribution in [0.2, 0.25) is 0 Å². The minimum absolute atomic E-state index is 0.0355. The lowest BCUT2D eigenvalue weighted by atomic mass is 9.99. The zero-order chi connectivity index (χ0) is 19.2. The molecule has 1 aromatic rings. The summed E-state index contributed by atoms with van der Waals surface area (Å²) in [4.78, 5) is 23.9. The van der Waals surface area contributed by atoms with Crippen molar-refractivity contribution in [1.29, 1.82) is 0 Å². The molecule has 27 heavy (non-hydrogen) atoms. The third-order valence-electron chi connectivity index (χ3n) is 4.47. The molecule has 7 nitrogen and oxygen atoms in total. The van der Waals surface area contributed by atoms with E-state index in [0.717, 1.165) is 31.3 Å². The van der Waals surface area contributed by atoms with Crippen molar-refractivity contribution in [1.82, 2.24) is 0 Å². The van der Waals surface area contributed by atoms with Gasteiger partial charge in [0.05, 0.1) is 0 Å². The molecule has 1 fully saturated rings. The molecule has 0 spiro atoms. The predicted molar refractivity (Wildman–Crippen MR) is 96.8 cm³/mol. The van der Waals surface area contributed by atoms with E-state index in [4.69, 9.17) is 18.6 Å². The van der Waals surface area contributed by atoms with E-state index in [1.807, 2.05) is 18.2 Å². The van der Waals surface area contributed by atoms with Gasteiger partial charge in [-0.3, -0.25) is 4.79 Å². The first-order valence-corrected chi connectivity index (χ1v) is 9.16. The minimum Gasteiger partial charge on any atom is -0.481 e. The monoisotopic (exact) mass is 376 g/mol. The highest BCUT2D eigenvalue weighted by Crippen LogP contribution is 2.21. The second kappa shape index (κ2) is 9.01. The number of ether oxygens (including phenoxy) is 3. The molecule has 0 aromatic carbocycles. The lowest BCUT2D eigenvalue weighted by molar-refractivity contribution is -0.171. The Morgan fingerprint density at radius 1 is 1.33 bits per heavy atom. The molecule has 2 unspecified atom stereocenters. The summed E-state index contributed by atoms with van der Waals surface area (Å²) in [6.45, 7) is 2.80. The van der Waals surface area contributed by atoms with Gasteiger partial charge in [0.1, 0.15) is 19.0 Å². The highest BCUT2D eigenvalue weighted by Gasteiger charge is 2.22. The molecule has 2 atom stereocenters. The van der Waals surface area contributed by atoms with E-state index in [2.05, 4.69) is 6.92 Å². The highest BCUT2D eigenvalue weighted by molar-refractivity contribution is 5.87. The summed E-state index contributed by atoms with van der Waals surface area (Å²) in [6, 6.07) is 1.21. The third kappa shape index (κ3) is 5.30. The average molecular weight is 376 g/mol. The first-order chi connectivity index (χ1) is 13.0. The fourth-order valence-corrected chi connectivity index (χ4v) is 2.93. The van der Waals surface area contributed by atoms with Gasteiger partial charge in [0.2, 0.25) is 11.2 Å². The molecular formula is C20H24O7. The molecule has 2 aliphatic rings. The van der Waals surface area contributed by atoms with Crippen LogP contribution < -0.4 is 10.2 Å². The summed E-state index contributed by atoms with van der Waals surface area (Å²) in [7, 11) is 0. The summed E-state index contributed by atoms with van der Waals surface area (Å²) in [5, 5.41) is 9.40. The van der Waals surface area contributed by atoms with Gasteiger partial charge in [-0.1, -0.05) is 25.2 Å². The van der Waals surface area contributed by atoms with Crippen LogP contribution in [0, 0.1) is 5.92 Å². The van der Waals surface area contributed by atoms with Crippen LogP contribution in [0.5, 0.6) is 5.75 Å². The van der Waals surface area contributed by atoms with Gasteiger partial charge >= 0.3 is 5.97 Å². The molecule has 1 aromatic heterocycles. The van der Waals surface area contributed by atoms with Gasteiger partial charge in [-0.2, -0.15) is 0 Å². The zero-order valence-electron chi connectivity index (χ0n) is 15.3. The number of allylic oxidation sites excluding steroid dienone is 2. The SMILES string of the molecule is CC1C=CC(COc2c(C(=O)O)oc(COC3CCCCO3)cc2=O)=CC1. The van der Waals surface area contributed by atoms with Crippen LogP contribution in [0.4, 0.5) is 0 Å². The summed E-state index contributed by atoms with van der Waals surface area (Å²) in [5.41, 5.74) is 0.348. The number of rotatable bonds is 7. The lowest BCUT2D eigenvalue weighted by Gasteiger charge is -2.22. The zero-order valence-corrected chi connectivity index (χ0v) is 15.3. The molecule has 0 bridgehead atoms. The number of carboxylic acids is 1. The first-order valence-electron chi connectivity index (χ1n) is 9.16. The van der Waals surface area contributed by atoms with Crippen molar-refractivity contribution in [2.75, 3.05) is 13.2 Å². The molecule has 3 rings (SSSR count). The van der Waals surface area contributed by atoms with Crippen molar-refractivity contribution in [3.63, 3.8) is 0 Å². The maximum absolute atomic E-state index is 12.4. The van der Waals surface area contributed by atoms with E-state index in [9.17, 15) is 14.7 Å². The summed E-state index contributed by atoms with van der Waals surface area (Å²) >= 11 is 0. The van der Waals surface area contributed by atoms with Crippen molar-refractivity contribution in [2.45, 2.75) is 45.5 Å². The van der Waals surface area contributed by atoms with Gasteiger partial charge in [0.25, 0.3) is 5.76 Å². The van der Waals surface area contributed by atoms with Crippen LogP contribution in [0.25, 0.3) is 0 Å². The van der Waals surface area contributed by atoms with Crippen LogP contribution >= 0.6 is 0 Å². The van der Waals surface area contributed by atoms with Gasteiger partial charge in [-0.25, -0.2) is 4.79 Å². The van der Waals surface area contributed by atoms with Crippen molar-refractivity contribution in [3.8, 4) is 5.75 Å². The molecule has 146 valence electrons. The van der Waals surface area contributed by atoms with E-state index >= 15 is 0 Å². The van der Waals surface area contributed by atoms with E-state index in [-0.39, 0.29) is 31.0 Å². The lowest BCUT2D eigenvalue weighted by Crippen LogP contribution is -2.22. The van der Waals surface area contributed by atoms with E-state index < -0.39 is 17.2 Å². The van der Waals surface area contributed by atoms with E-state index in [0.29, 0.717) is 12.5 Å². The maximum atomic E-state index is 12.4. The molecule has 0 saturated carbocycles. The van der Waals surface area contributed by atoms with E-state index in [1.165, 1.54) is 6.07 Å². The van der Waals surface area contributed by atoms with Gasteiger partial charge in [0, 0.05) is 12.7 Å². The Balaban J connectivity index is 1.69.